The molecule has 4 nitrogen and oxygen atoms in total. The molecule has 4 heteroatoms. The largest absolute Gasteiger partial charge is 0.481 e. The van der Waals surface area contributed by atoms with Crippen molar-refractivity contribution in [3.63, 3.8) is 0 Å². The summed E-state index contributed by atoms with van der Waals surface area (Å²) in [5, 5.41) is 9.92. The standard InChI is InChI=1S/C24H29NO3/c1-3-19(20-11-9-18(2)10-12-20)17-22(26)25-15-13-24(14-16-25,23(27)28)21-7-5-4-6-8-21/h4-12,19H,3,13-17H2,1-2H3,(H,27,28). The van der Waals surface area contributed by atoms with Crippen molar-refractivity contribution < 1.29 is 14.7 Å². The zero-order valence-electron chi connectivity index (χ0n) is 16.7. The number of aliphatic carboxylic acids is 1. The molecule has 1 fully saturated rings. The van der Waals surface area contributed by atoms with Crippen LogP contribution in [0.25, 0.3) is 0 Å². The summed E-state index contributed by atoms with van der Waals surface area (Å²) in [4.78, 5) is 26.8. The second-order valence-electron chi connectivity index (χ2n) is 7.85. The van der Waals surface area contributed by atoms with Crippen LogP contribution in [0.15, 0.2) is 54.6 Å². The van der Waals surface area contributed by atoms with Gasteiger partial charge in [-0.2, -0.15) is 0 Å². The molecule has 28 heavy (non-hydrogen) atoms. The Morgan fingerprint density at radius 1 is 1.04 bits per heavy atom. The van der Waals surface area contributed by atoms with E-state index in [2.05, 4.69) is 38.1 Å². The van der Waals surface area contributed by atoms with Crippen LogP contribution in [-0.4, -0.2) is 35.0 Å². The molecule has 0 bridgehead atoms. The number of carboxylic acids is 1. The SMILES string of the molecule is CCC(CC(=O)N1CCC(C(=O)O)(c2ccccc2)CC1)c1ccc(C)cc1. The average Bonchev–Trinajstić information content (AvgIpc) is 2.73. The Balaban J connectivity index is 1.67. The van der Waals surface area contributed by atoms with Crippen LogP contribution >= 0.6 is 0 Å². The molecule has 1 saturated heterocycles. The van der Waals surface area contributed by atoms with Crippen molar-refractivity contribution in [2.75, 3.05) is 13.1 Å². The molecule has 1 N–H and O–H groups in total. The molecule has 1 aliphatic rings. The van der Waals surface area contributed by atoms with E-state index in [0.29, 0.717) is 32.4 Å². The third-order valence-corrected chi connectivity index (χ3v) is 6.17. The zero-order chi connectivity index (χ0) is 20.1. The van der Waals surface area contributed by atoms with Gasteiger partial charge in [0.1, 0.15) is 0 Å². The molecular formula is C24H29NO3. The number of amides is 1. The van der Waals surface area contributed by atoms with Gasteiger partial charge in [-0.05, 0) is 43.2 Å². The Kier molecular flexibility index (Phi) is 6.18. The first-order valence-electron chi connectivity index (χ1n) is 10.1. The molecule has 1 unspecified atom stereocenters. The van der Waals surface area contributed by atoms with Crippen molar-refractivity contribution in [3.8, 4) is 0 Å². The maximum atomic E-state index is 12.9. The Bertz CT molecular complexity index is 806. The molecule has 3 rings (SSSR count). The van der Waals surface area contributed by atoms with Gasteiger partial charge in [-0.3, -0.25) is 9.59 Å². The van der Waals surface area contributed by atoms with E-state index < -0.39 is 11.4 Å². The number of hydrogen-bond acceptors (Lipinski definition) is 2. The summed E-state index contributed by atoms with van der Waals surface area (Å²) in [5.74, 6) is -0.468. The fourth-order valence-corrected chi connectivity index (χ4v) is 4.20. The van der Waals surface area contributed by atoms with Crippen LogP contribution in [0.2, 0.25) is 0 Å². The van der Waals surface area contributed by atoms with Crippen molar-refractivity contribution in [3.05, 3.63) is 71.3 Å². The van der Waals surface area contributed by atoms with Crippen LogP contribution in [0.5, 0.6) is 0 Å². The van der Waals surface area contributed by atoms with Gasteiger partial charge in [-0.1, -0.05) is 67.1 Å². The number of carbonyl (C=O) groups is 2. The van der Waals surface area contributed by atoms with Gasteiger partial charge in [0.2, 0.25) is 5.91 Å². The molecule has 2 aromatic carbocycles. The highest BCUT2D eigenvalue weighted by atomic mass is 16.4. The van der Waals surface area contributed by atoms with Crippen molar-refractivity contribution in [1.82, 2.24) is 4.90 Å². The first kappa shape index (κ1) is 20.1. The van der Waals surface area contributed by atoms with Gasteiger partial charge in [0.25, 0.3) is 0 Å². The summed E-state index contributed by atoms with van der Waals surface area (Å²) in [6, 6.07) is 17.8. The number of benzene rings is 2. The highest BCUT2D eigenvalue weighted by Crippen LogP contribution is 2.36. The fourth-order valence-electron chi connectivity index (χ4n) is 4.20. The molecule has 2 aromatic rings. The van der Waals surface area contributed by atoms with Crippen molar-refractivity contribution >= 4 is 11.9 Å². The topological polar surface area (TPSA) is 57.6 Å². The lowest BCUT2D eigenvalue weighted by molar-refractivity contribution is -0.148. The van der Waals surface area contributed by atoms with E-state index in [9.17, 15) is 14.7 Å². The van der Waals surface area contributed by atoms with Gasteiger partial charge < -0.3 is 10.0 Å². The minimum Gasteiger partial charge on any atom is -0.481 e. The van der Waals surface area contributed by atoms with Crippen molar-refractivity contribution in [2.24, 2.45) is 0 Å². The number of carboxylic acid groups (broad SMARTS) is 1. The molecule has 1 atom stereocenters. The molecule has 1 heterocycles. The first-order valence-corrected chi connectivity index (χ1v) is 10.1. The van der Waals surface area contributed by atoms with Crippen molar-refractivity contribution in [2.45, 2.75) is 50.9 Å². The Labute approximate surface area is 167 Å². The first-order chi connectivity index (χ1) is 13.5. The number of likely N-dealkylation sites (tertiary alicyclic amines) is 1. The van der Waals surface area contributed by atoms with E-state index in [-0.39, 0.29) is 11.8 Å². The molecule has 0 saturated carbocycles. The average molecular weight is 380 g/mol. The minimum atomic E-state index is -0.890. The summed E-state index contributed by atoms with van der Waals surface area (Å²) in [7, 11) is 0. The van der Waals surface area contributed by atoms with Crippen LogP contribution in [0.1, 0.15) is 55.2 Å². The van der Waals surface area contributed by atoms with Crippen LogP contribution in [0.4, 0.5) is 0 Å². The summed E-state index contributed by atoms with van der Waals surface area (Å²) in [5.41, 5.74) is 2.36. The maximum Gasteiger partial charge on any atom is 0.314 e. The Hall–Kier alpha value is -2.62. The summed E-state index contributed by atoms with van der Waals surface area (Å²) in [6.45, 7) is 5.15. The second kappa shape index (κ2) is 8.59. The Morgan fingerprint density at radius 2 is 1.64 bits per heavy atom. The molecule has 0 aliphatic carbocycles. The van der Waals surface area contributed by atoms with Crippen LogP contribution < -0.4 is 0 Å². The highest BCUT2D eigenvalue weighted by Gasteiger charge is 2.43. The van der Waals surface area contributed by atoms with E-state index in [1.165, 1.54) is 11.1 Å². The number of aryl methyl sites for hydroxylation is 1. The van der Waals surface area contributed by atoms with Gasteiger partial charge in [0.05, 0.1) is 5.41 Å². The molecule has 148 valence electrons. The smallest absolute Gasteiger partial charge is 0.314 e. The number of rotatable bonds is 6. The van der Waals surface area contributed by atoms with E-state index in [0.717, 1.165) is 12.0 Å². The summed E-state index contributed by atoms with van der Waals surface area (Å²) < 4.78 is 0. The molecular weight excluding hydrogens is 350 g/mol. The lowest BCUT2D eigenvalue weighted by atomic mass is 9.72. The van der Waals surface area contributed by atoms with Crippen LogP contribution in [-0.2, 0) is 15.0 Å². The summed E-state index contributed by atoms with van der Waals surface area (Å²) in [6.07, 6.45) is 2.30. The normalized spacial score (nSPS) is 17.1. The van der Waals surface area contributed by atoms with Gasteiger partial charge in [0.15, 0.2) is 0 Å². The predicted octanol–water partition coefficient (Wildman–Crippen LogP) is 4.52. The lowest BCUT2D eigenvalue weighted by Gasteiger charge is -2.39. The molecule has 0 aromatic heterocycles. The van der Waals surface area contributed by atoms with Gasteiger partial charge >= 0.3 is 5.97 Å². The third kappa shape index (κ3) is 4.11. The lowest BCUT2D eigenvalue weighted by Crippen LogP contribution is -2.49. The van der Waals surface area contributed by atoms with E-state index in [4.69, 9.17) is 0 Å². The van der Waals surface area contributed by atoms with E-state index >= 15 is 0 Å². The third-order valence-electron chi connectivity index (χ3n) is 6.17. The fraction of sp³-hybridized carbons (Fsp3) is 0.417. The summed E-state index contributed by atoms with van der Waals surface area (Å²) >= 11 is 0. The number of nitrogens with zero attached hydrogens (tertiary/aromatic N) is 1. The molecule has 0 radical (unpaired) electrons. The van der Waals surface area contributed by atoms with Crippen LogP contribution in [0, 0.1) is 6.92 Å². The van der Waals surface area contributed by atoms with Gasteiger partial charge in [0, 0.05) is 19.5 Å². The molecule has 1 amide bonds. The monoisotopic (exact) mass is 379 g/mol. The number of piperidine rings is 1. The maximum absolute atomic E-state index is 12.9. The highest BCUT2D eigenvalue weighted by molar-refractivity contribution is 5.83. The predicted molar refractivity (Wildman–Crippen MR) is 110 cm³/mol. The number of carbonyl (C=O) groups excluding carboxylic acids is 1. The Morgan fingerprint density at radius 3 is 2.18 bits per heavy atom. The van der Waals surface area contributed by atoms with E-state index in [1.807, 2.05) is 35.2 Å². The van der Waals surface area contributed by atoms with Crippen LogP contribution in [0.3, 0.4) is 0 Å². The quantitative estimate of drug-likeness (QED) is 0.803. The zero-order valence-corrected chi connectivity index (χ0v) is 16.7. The van der Waals surface area contributed by atoms with Gasteiger partial charge in [-0.25, -0.2) is 0 Å². The molecule has 1 aliphatic heterocycles. The second-order valence-corrected chi connectivity index (χ2v) is 7.85. The number of hydrogen-bond donors (Lipinski definition) is 1. The molecule has 0 spiro atoms. The van der Waals surface area contributed by atoms with E-state index in [1.54, 1.807) is 0 Å². The van der Waals surface area contributed by atoms with Gasteiger partial charge in [-0.15, -0.1) is 0 Å². The van der Waals surface area contributed by atoms with Crippen molar-refractivity contribution in [1.29, 1.82) is 0 Å². The minimum absolute atomic E-state index is 0.125.